The molecule has 0 aliphatic heterocycles. The third-order valence-electron chi connectivity index (χ3n) is 1.87. The lowest BCUT2D eigenvalue weighted by Gasteiger charge is -2.10. The van der Waals surface area contributed by atoms with Crippen LogP contribution in [-0.2, 0) is 11.3 Å². The zero-order valence-electron chi connectivity index (χ0n) is 8.87. The highest BCUT2D eigenvalue weighted by Crippen LogP contribution is 2.25. The maximum absolute atomic E-state index is 5.36. The van der Waals surface area contributed by atoms with E-state index in [1.165, 1.54) is 0 Å². The summed E-state index contributed by atoms with van der Waals surface area (Å²) in [5, 5.41) is 0. The van der Waals surface area contributed by atoms with E-state index in [-0.39, 0.29) is 0 Å². The molecular formula is C11H16O3. The highest BCUT2D eigenvalue weighted by Gasteiger charge is 2.04. The first kappa shape index (κ1) is 10.9. The van der Waals surface area contributed by atoms with E-state index >= 15 is 0 Å². The fourth-order valence-corrected chi connectivity index (χ4v) is 1.26. The van der Waals surface area contributed by atoms with Gasteiger partial charge in [-0.2, -0.15) is 0 Å². The second-order valence-corrected chi connectivity index (χ2v) is 2.84. The smallest absolute Gasteiger partial charge is 0.128 e. The normalized spacial score (nSPS) is 9.93. The molecule has 0 fully saturated rings. The lowest BCUT2D eigenvalue weighted by Crippen LogP contribution is -1.96. The Labute approximate surface area is 84.6 Å². The SMILES string of the molecule is CCOc1ccc(COC)c(OC)c1. The predicted octanol–water partition coefficient (Wildman–Crippen LogP) is 2.24. The summed E-state index contributed by atoms with van der Waals surface area (Å²) < 4.78 is 15.6. The maximum Gasteiger partial charge on any atom is 0.128 e. The predicted molar refractivity (Wildman–Crippen MR) is 54.9 cm³/mol. The van der Waals surface area contributed by atoms with Gasteiger partial charge in [0.25, 0.3) is 0 Å². The highest BCUT2D eigenvalue weighted by molar-refractivity contribution is 5.40. The number of methoxy groups -OCH3 is 2. The van der Waals surface area contributed by atoms with Crippen molar-refractivity contribution in [2.45, 2.75) is 13.5 Å². The number of hydrogen-bond donors (Lipinski definition) is 0. The Kier molecular flexibility index (Phi) is 4.26. The molecule has 0 spiro atoms. The Hall–Kier alpha value is -1.22. The van der Waals surface area contributed by atoms with Crippen LogP contribution in [0.3, 0.4) is 0 Å². The maximum atomic E-state index is 5.36. The molecule has 0 radical (unpaired) electrons. The third-order valence-corrected chi connectivity index (χ3v) is 1.87. The molecule has 0 atom stereocenters. The molecule has 0 aliphatic carbocycles. The van der Waals surface area contributed by atoms with Gasteiger partial charge in [0, 0.05) is 18.7 Å². The first-order chi connectivity index (χ1) is 6.81. The topological polar surface area (TPSA) is 27.7 Å². The van der Waals surface area contributed by atoms with Gasteiger partial charge in [0.05, 0.1) is 20.3 Å². The van der Waals surface area contributed by atoms with Crippen LogP contribution in [0.5, 0.6) is 11.5 Å². The van der Waals surface area contributed by atoms with Crippen molar-refractivity contribution in [2.24, 2.45) is 0 Å². The molecule has 1 rings (SSSR count). The molecule has 0 unspecified atom stereocenters. The van der Waals surface area contributed by atoms with E-state index in [9.17, 15) is 0 Å². The Bertz CT molecular complexity index is 284. The average Bonchev–Trinajstić information content (AvgIpc) is 2.21. The van der Waals surface area contributed by atoms with Gasteiger partial charge in [-0.15, -0.1) is 0 Å². The van der Waals surface area contributed by atoms with Crippen molar-refractivity contribution in [3.05, 3.63) is 23.8 Å². The molecular weight excluding hydrogens is 180 g/mol. The Morgan fingerprint density at radius 1 is 1.21 bits per heavy atom. The molecule has 0 heterocycles. The number of hydrogen-bond acceptors (Lipinski definition) is 3. The Morgan fingerprint density at radius 2 is 2.00 bits per heavy atom. The van der Waals surface area contributed by atoms with Crippen LogP contribution < -0.4 is 9.47 Å². The van der Waals surface area contributed by atoms with Gasteiger partial charge in [0.2, 0.25) is 0 Å². The molecule has 78 valence electrons. The van der Waals surface area contributed by atoms with Gasteiger partial charge in [-0.1, -0.05) is 0 Å². The second kappa shape index (κ2) is 5.50. The van der Waals surface area contributed by atoms with Gasteiger partial charge in [-0.05, 0) is 19.1 Å². The van der Waals surface area contributed by atoms with Gasteiger partial charge < -0.3 is 14.2 Å². The molecule has 0 N–H and O–H groups in total. The van der Waals surface area contributed by atoms with Gasteiger partial charge in [-0.25, -0.2) is 0 Å². The first-order valence-electron chi connectivity index (χ1n) is 4.60. The van der Waals surface area contributed by atoms with Crippen LogP contribution in [0.2, 0.25) is 0 Å². The Balaban J connectivity index is 2.87. The molecule has 3 heteroatoms. The monoisotopic (exact) mass is 196 g/mol. The molecule has 1 aromatic carbocycles. The van der Waals surface area contributed by atoms with Crippen LogP contribution in [-0.4, -0.2) is 20.8 Å². The number of rotatable bonds is 5. The van der Waals surface area contributed by atoms with Crippen LogP contribution in [0.25, 0.3) is 0 Å². The minimum Gasteiger partial charge on any atom is -0.496 e. The van der Waals surface area contributed by atoms with Gasteiger partial charge in [0.1, 0.15) is 11.5 Å². The van der Waals surface area contributed by atoms with Gasteiger partial charge in [0.15, 0.2) is 0 Å². The van der Waals surface area contributed by atoms with E-state index in [4.69, 9.17) is 14.2 Å². The van der Waals surface area contributed by atoms with Crippen molar-refractivity contribution in [1.29, 1.82) is 0 Å². The van der Waals surface area contributed by atoms with Crippen molar-refractivity contribution >= 4 is 0 Å². The average molecular weight is 196 g/mol. The zero-order valence-corrected chi connectivity index (χ0v) is 8.87. The fourth-order valence-electron chi connectivity index (χ4n) is 1.26. The van der Waals surface area contributed by atoms with E-state index in [0.29, 0.717) is 13.2 Å². The number of benzene rings is 1. The molecule has 14 heavy (non-hydrogen) atoms. The van der Waals surface area contributed by atoms with Gasteiger partial charge >= 0.3 is 0 Å². The molecule has 0 saturated carbocycles. The van der Waals surface area contributed by atoms with Crippen LogP contribution in [0.15, 0.2) is 18.2 Å². The van der Waals surface area contributed by atoms with E-state index in [2.05, 4.69) is 0 Å². The second-order valence-electron chi connectivity index (χ2n) is 2.84. The van der Waals surface area contributed by atoms with E-state index in [0.717, 1.165) is 17.1 Å². The van der Waals surface area contributed by atoms with Crippen molar-refractivity contribution in [1.82, 2.24) is 0 Å². The van der Waals surface area contributed by atoms with Crippen molar-refractivity contribution in [3.63, 3.8) is 0 Å². The fraction of sp³-hybridized carbons (Fsp3) is 0.455. The largest absolute Gasteiger partial charge is 0.496 e. The summed E-state index contributed by atoms with van der Waals surface area (Å²) in [5.41, 5.74) is 1.03. The summed E-state index contributed by atoms with van der Waals surface area (Å²) in [6.45, 7) is 3.16. The standard InChI is InChI=1S/C11H16O3/c1-4-14-10-6-5-9(8-12-2)11(7-10)13-3/h5-7H,4,8H2,1-3H3. The molecule has 0 saturated heterocycles. The molecule has 0 bridgehead atoms. The summed E-state index contributed by atoms with van der Waals surface area (Å²) in [5.74, 6) is 1.63. The van der Waals surface area contributed by atoms with Crippen molar-refractivity contribution in [2.75, 3.05) is 20.8 Å². The van der Waals surface area contributed by atoms with Gasteiger partial charge in [-0.3, -0.25) is 0 Å². The Morgan fingerprint density at radius 3 is 2.57 bits per heavy atom. The summed E-state index contributed by atoms with van der Waals surface area (Å²) in [6.07, 6.45) is 0. The molecule has 3 nitrogen and oxygen atoms in total. The summed E-state index contributed by atoms with van der Waals surface area (Å²) >= 11 is 0. The lowest BCUT2D eigenvalue weighted by molar-refractivity contribution is 0.181. The minimum atomic E-state index is 0.551. The van der Waals surface area contributed by atoms with Crippen LogP contribution in [0, 0.1) is 0 Å². The highest BCUT2D eigenvalue weighted by atomic mass is 16.5. The molecule has 0 aromatic heterocycles. The summed E-state index contributed by atoms with van der Waals surface area (Å²) in [7, 11) is 3.31. The molecule has 1 aromatic rings. The van der Waals surface area contributed by atoms with Crippen LogP contribution in [0.1, 0.15) is 12.5 Å². The van der Waals surface area contributed by atoms with Crippen molar-refractivity contribution in [3.8, 4) is 11.5 Å². The van der Waals surface area contributed by atoms with E-state index < -0.39 is 0 Å². The van der Waals surface area contributed by atoms with Crippen LogP contribution >= 0.6 is 0 Å². The molecule has 0 amide bonds. The van der Waals surface area contributed by atoms with E-state index in [1.54, 1.807) is 14.2 Å². The summed E-state index contributed by atoms with van der Waals surface area (Å²) in [6, 6.07) is 5.74. The lowest BCUT2D eigenvalue weighted by atomic mass is 10.2. The first-order valence-corrected chi connectivity index (χ1v) is 4.60. The number of ether oxygens (including phenoxy) is 3. The quantitative estimate of drug-likeness (QED) is 0.722. The zero-order chi connectivity index (χ0) is 10.4. The van der Waals surface area contributed by atoms with Crippen LogP contribution in [0.4, 0.5) is 0 Å². The van der Waals surface area contributed by atoms with Crippen molar-refractivity contribution < 1.29 is 14.2 Å². The third kappa shape index (κ3) is 2.64. The minimum absolute atomic E-state index is 0.551. The van der Waals surface area contributed by atoms with E-state index in [1.807, 2.05) is 25.1 Å². The molecule has 0 aliphatic rings. The summed E-state index contributed by atoms with van der Waals surface area (Å²) in [4.78, 5) is 0.